The summed E-state index contributed by atoms with van der Waals surface area (Å²) in [5.41, 5.74) is 0.751. The Hall–Kier alpha value is -1.76. The quantitative estimate of drug-likeness (QED) is 0.685. The second-order valence-corrected chi connectivity index (χ2v) is 4.48. The van der Waals surface area contributed by atoms with Gasteiger partial charge in [0.15, 0.2) is 11.5 Å². The first kappa shape index (κ1) is 10.4. The van der Waals surface area contributed by atoms with E-state index in [1.54, 1.807) is 10.9 Å². The van der Waals surface area contributed by atoms with Gasteiger partial charge in [-0.05, 0) is 29.8 Å². The molecular formula is C10H9BrN6. The van der Waals surface area contributed by atoms with Gasteiger partial charge in [0.05, 0.1) is 0 Å². The molecule has 0 aliphatic rings. The average molecular weight is 293 g/mol. The van der Waals surface area contributed by atoms with Gasteiger partial charge in [0, 0.05) is 18.6 Å². The van der Waals surface area contributed by atoms with Crippen molar-refractivity contribution in [1.29, 1.82) is 0 Å². The third-order valence-electron chi connectivity index (χ3n) is 2.40. The lowest BCUT2D eigenvalue weighted by atomic mass is 10.5. The molecule has 7 heteroatoms. The van der Waals surface area contributed by atoms with Crippen LogP contribution >= 0.6 is 15.9 Å². The SMILES string of the molecule is Cc1nc(C)n(-c2nc(Br)cn3ccnc23)n1. The average Bonchev–Trinajstić information content (AvgIpc) is 2.83. The highest BCUT2D eigenvalue weighted by atomic mass is 79.9. The number of aryl methyl sites for hydroxylation is 2. The molecule has 0 radical (unpaired) electrons. The maximum Gasteiger partial charge on any atom is 0.200 e. The van der Waals surface area contributed by atoms with E-state index in [9.17, 15) is 0 Å². The summed E-state index contributed by atoms with van der Waals surface area (Å²) >= 11 is 3.38. The topological polar surface area (TPSA) is 60.9 Å². The van der Waals surface area contributed by atoms with Gasteiger partial charge in [-0.15, -0.1) is 5.10 Å². The van der Waals surface area contributed by atoms with Gasteiger partial charge in [0.25, 0.3) is 0 Å². The summed E-state index contributed by atoms with van der Waals surface area (Å²) in [6.45, 7) is 3.74. The summed E-state index contributed by atoms with van der Waals surface area (Å²) in [4.78, 5) is 13.0. The van der Waals surface area contributed by atoms with Crippen LogP contribution in [-0.4, -0.2) is 29.1 Å². The van der Waals surface area contributed by atoms with Crippen LogP contribution in [0.4, 0.5) is 0 Å². The third kappa shape index (κ3) is 1.62. The monoisotopic (exact) mass is 292 g/mol. The van der Waals surface area contributed by atoms with E-state index in [1.807, 2.05) is 30.6 Å². The van der Waals surface area contributed by atoms with Crippen molar-refractivity contribution in [2.24, 2.45) is 0 Å². The van der Waals surface area contributed by atoms with Gasteiger partial charge in [-0.1, -0.05) is 0 Å². The van der Waals surface area contributed by atoms with Crippen LogP contribution in [-0.2, 0) is 0 Å². The first-order chi connectivity index (χ1) is 8.15. The molecular weight excluding hydrogens is 284 g/mol. The summed E-state index contributed by atoms with van der Waals surface area (Å²) in [6, 6.07) is 0. The summed E-state index contributed by atoms with van der Waals surface area (Å²) in [5.74, 6) is 2.18. The lowest BCUT2D eigenvalue weighted by Gasteiger charge is -2.04. The highest BCUT2D eigenvalue weighted by molar-refractivity contribution is 9.10. The summed E-state index contributed by atoms with van der Waals surface area (Å²) < 4.78 is 4.32. The van der Waals surface area contributed by atoms with E-state index in [-0.39, 0.29) is 0 Å². The van der Waals surface area contributed by atoms with Crippen LogP contribution in [0.5, 0.6) is 0 Å². The maximum atomic E-state index is 4.41. The molecule has 0 saturated carbocycles. The van der Waals surface area contributed by atoms with Gasteiger partial charge < -0.3 is 4.40 Å². The van der Waals surface area contributed by atoms with Crippen molar-refractivity contribution >= 4 is 21.6 Å². The number of imidazole rings is 1. The molecule has 0 fully saturated rings. The van der Waals surface area contributed by atoms with Crippen LogP contribution in [0, 0.1) is 13.8 Å². The molecule has 86 valence electrons. The Morgan fingerprint density at radius 1 is 1.24 bits per heavy atom. The standard InChI is InChI=1S/C10H9BrN6/c1-6-13-7(2)17(15-6)10-9-12-3-4-16(9)5-8(11)14-10/h3-5H,1-2H3. The summed E-state index contributed by atoms with van der Waals surface area (Å²) in [6.07, 6.45) is 5.45. The van der Waals surface area contributed by atoms with E-state index < -0.39 is 0 Å². The van der Waals surface area contributed by atoms with Gasteiger partial charge in [0.2, 0.25) is 0 Å². The van der Waals surface area contributed by atoms with E-state index in [1.165, 1.54) is 0 Å². The van der Waals surface area contributed by atoms with Crippen LogP contribution < -0.4 is 0 Å². The van der Waals surface area contributed by atoms with Crippen LogP contribution in [0.2, 0.25) is 0 Å². The number of hydrogen-bond acceptors (Lipinski definition) is 4. The van der Waals surface area contributed by atoms with Crippen molar-refractivity contribution in [2.45, 2.75) is 13.8 Å². The van der Waals surface area contributed by atoms with Gasteiger partial charge >= 0.3 is 0 Å². The van der Waals surface area contributed by atoms with Crippen molar-refractivity contribution in [3.63, 3.8) is 0 Å². The van der Waals surface area contributed by atoms with E-state index in [0.717, 1.165) is 16.1 Å². The van der Waals surface area contributed by atoms with Crippen molar-refractivity contribution in [3.8, 4) is 5.82 Å². The molecule has 3 rings (SSSR count). The molecule has 3 aromatic rings. The molecule has 0 spiro atoms. The van der Waals surface area contributed by atoms with Crippen LogP contribution in [0.15, 0.2) is 23.2 Å². The zero-order valence-electron chi connectivity index (χ0n) is 9.29. The Morgan fingerprint density at radius 2 is 2.06 bits per heavy atom. The molecule has 0 amide bonds. The number of aromatic nitrogens is 6. The third-order valence-corrected chi connectivity index (χ3v) is 2.78. The van der Waals surface area contributed by atoms with Crippen molar-refractivity contribution < 1.29 is 0 Å². The minimum absolute atomic E-state index is 0.669. The van der Waals surface area contributed by atoms with Crippen molar-refractivity contribution in [3.05, 3.63) is 34.8 Å². The highest BCUT2D eigenvalue weighted by Crippen LogP contribution is 2.16. The van der Waals surface area contributed by atoms with Crippen molar-refractivity contribution in [1.82, 2.24) is 29.1 Å². The number of rotatable bonds is 1. The molecule has 17 heavy (non-hydrogen) atoms. The van der Waals surface area contributed by atoms with Gasteiger partial charge in [-0.2, -0.15) is 4.68 Å². The number of nitrogens with zero attached hydrogens (tertiary/aromatic N) is 6. The largest absolute Gasteiger partial charge is 0.301 e. The Bertz CT molecular complexity index is 698. The molecule has 0 atom stereocenters. The second-order valence-electron chi connectivity index (χ2n) is 3.66. The summed E-state index contributed by atoms with van der Waals surface area (Å²) in [7, 11) is 0. The maximum absolute atomic E-state index is 4.41. The zero-order valence-corrected chi connectivity index (χ0v) is 10.9. The molecule has 0 N–H and O–H groups in total. The Labute approximate surface area is 105 Å². The van der Waals surface area contributed by atoms with E-state index in [4.69, 9.17) is 0 Å². The van der Waals surface area contributed by atoms with Crippen LogP contribution in [0.1, 0.15) is 11.6 Å². The Kier molecular flexibility index (Phi) is 2.22. The molecule has 0 bridgehead atoms. The fourth-order valence-electron chi connectivity index (χ4n) is 1.75. The van der Waals surface area contributed by atoms with E-state index >= 15 is 0 Å². The van der Waals surface area contributed by atoms with Gasteiger partial charge in [-0.3, -0.25) is 0 Å². The Balaban J connectivity index is 2.36. The fraction of sp³-hybridized carbons (Fsp3) is 0.200. The first-order valence-electron chi connectivity index (χ1n) is 5.05. The second kappa shape index (κ2) is 3.63. The fourth-order valence-corrected chi connectivity index (χ4v) is 2.14. The lowest BCUT2D eigenvalue weighted by Crippen LogP contribution is -2.05. The van der Waals surface area contributed by atoms with Crippen LogP contribution in [0.25, 0.3) is 11.5 Å². The minimum Gasteiger partial charge on any atom is -0.301 e. The lowest BCUT2D eigenvalue weighted by molar-refractivity contribution is 0.797. The number of hydrogen-bond donors (Lipinski definition) is 0. The molecule has 0 unspecified atom stereocenters. The highest BCUT2D eigenvalue weighted by Gasteiger charge is 2.12. The van der Waals surface area contributed by atoms with Gasteiger partial charge in [0.1, 0.15) is 16.3 Å². The minimum atomic E-state index is 0.669. The molecule has 3 aromatic heterocycles. The predicted molar refractivity (Wildman–Crippen MR) is 65.1 cm³/mol. The molecule has 6 nitrogen and oxygen atoms in total. The summed E-state index contributed by atoms with van der Waals surface area (Å²) in [5, 5.41) is 4.32. The van der Waals surface area contributed by atoms with Crippen LogP contribution in [0.3, 0.4) is 0 Å². The van der Waals surface area contributed by atoms with Gasteiger partial charge in [-0.25, -0.2) is 15.0 Å². The Morgan fingerprint density at radius 3 is 2.76 bits per heavy atom. The smallest absolute Gasteiger partial charge is 0.200 e. The normalized spacial score (nSPS) is 11.2. The molecule has 0 aliphatic heterocycles. The molecule has 0 saturated heterocycles. The van der Waals surface area contributed by atoms with E-state index in [2.05, 4.69) is 36.0 Å². The number of halogens is 1. The molecule has 0 aromatic carbocycles. The van der Waals surface area contributed by atoms with Crippen molar-refractivity contribution in [2.75, 3.05) is 0 Å². The first-order valence-corrected chi connectivity index (χ1v) is 5.84. The molecule has 3 heterocycles. The molecule has 0 aliphatic carbocycles. The zero-order chi connectivity index (χ0) is 12.0. The predicted octanol–water partition coefficient (Wildman–Crippen LogP) is 1.69. The number of fused-ring (bicyclic) bond motifs is 1. The van der Waals surface area contributed by atoms with E-state index in [0.29, 0.717) is 11.6 Å².